The first-order valence-electron chi connectivity index (χ1n) is 8.60. The summed E-state index contributed by atoms with van der Waals surface area (Å²) in [6, 6.07) is 18.5. The first-order valence-corrected chi connectivity index (χ1v) is 10.2. The van der Waals surface area contributed by atoms with Crippen molar-refractivity contribution < 1.29 is 4.79 Å². The van der Waals surface area contributed by atoms with Crippen molar-refractivity contribution >= 4 is 55.8 Å². The van der Waals surface area contributed by atoms with E-state index in [0.717, 1.165) is 21.5 Å². The fraction of sp³-hybridized carbons (Fsp3) is 0.0952. The minimum atomic E-state index is -0.0936. The summed E-state index contributed by atoms with van der Waals surface area (Å²) in [5.74, 6) is -0.0936. The van der Waals surface area contributed by atoms with E-state index in [0.29, 0.717) is 21.7 Å². The van der Waals surface area contributed by atoms with Crippen LogP contribution in [0.3, 0.4) is 0 Å². The lowest BCUT2D eigenvalue weighted by molar-refractivity contribution is -0.118. The van der Waals surface area contributed by atoms with Crippen molar-refractivity contribution in [2.45, 2.75) is 13.0 Å². The van der Waals surface area contributed by atoms with E-state index in [2.05, 4.69) is 9.97 Å². The highest BCUT2D eigenvalue weighted by atomic mass is 35.5. The van der Waals surface area contributed by atoms with Crippen molar-refractivity contribution in [1.29, 1.82) is 0 Å². The van der Waals surface area contributed by atoms with Gasteiger partial charge in [0.1, 0.15) is 0 Å². The number of nitrogens with zero attached hydrogens (tertiary/aromatic N) is 3. The fourth-order valence-electron chi connectivity index (χ4n) is 2.82. The van der Waals surface area contributed by atoms with E-state index in [1.807, 2.05) is 48.5 Å². The maximum atomic E-state index is 13.2. The van der Waals surface area contributed by atoms with Gasteiger partial charge < -0.3 is 0 Å². The number of thiazole rings is 1. The number of halogens is 2. The molecule has 4 aromatic rings. The standard InChI is InChI=1S/C21H15Cl2N3OS/c22-15-8-9-18-19(12-15)28-21(25-18)26(13-16-6-3-4-10-24-16)20(27)11-14-5-1-2-7-17(14)23/h1-10,12H,11,13H2. The van der Waals surface area contributed by atoms with Gasteiger partial charge in [0.05, 0.1) is 28.9 Å². The van der Waals surface area contributed by atoms with Crippen LogP contribution in [0.25, 0.3) is 10.2 Å². The normalized spacial score (nSPS) is 10.9. The Morgan fingerprint density at radius 3 is 2.64 bits per heavy atom. The second kappa shape index (κ2) is 8.27. The molecule has 0 aliphatic rings. The van der Waals surface area contributed by atoms with Gasteiger partial charge in [-0.05, 0) is 42.0 Å². The lowest BCUT2D eigenvalue weighted by Gasteiger charge is -2.20. The van der Waals surface area contributed by atoms with Crippen LogP contribution < -0.4 is 4.90 Å². The molecule has 28 heavy (non-hydrogen) atoms. The van der Waals surface area contributed by atoms with Gasteiger partial charge in [-0.15, -0.1) is 0 Å². The number of carbonyl (C=O) groups excluding carboxylic acids is 1. The van der Waals surface area contributed by atoms with Gasteiger partial charge in [-0.3, -0.25) is 14.7 Å². The van der Waals surface area contributed by atoms with Crippen LogP contribution in [0.1, 0.15) is 11.3 Å². The molecule has 0 aliphatic heterocycles. The lowest BCUT2D eigenvalue weighted by atomic mass is 10.1. The minimum absolute atomic E-state index is 0.0936. The summed E-state index contributed by atoms with van der Waals surface area (Å²) in [7, 11) is 0. The topological polar surface area (TPSA) is 46.1 Å². The molecule has 4 rings (SSSR count). The second-order valence-electron chi connectivity index (χ2n) is 6.18. The monoisotopic (exact) mass is 427 g/mol. The maximum Gasteiger partial charge on any atom is 0.233 e. The number of rotatable bonds is 5. The van der Waals surface area contributed by atoms with Crippen molar-refractivity contribution in [3.05, 3.63) is 88.2 Å². The van der Waals surface area contributed by atoms with Crippen molar-refractivity contribution in [2.75, 3.05) is 4.90 Å². The van der Waals surface area contributed by atoms with Crippen LogP contribution >= 0.6 is 34.5 Å². The minimum Gasteiger partial charge on any atom is -0.282 e. The number of amides is 1. The summed E-state index contributed by atoms with van der Waals surface area (Å²) in [4.78, 5) is 23.8. The highest BCUT2D eigenvalue weighted by Crippen LogP contribution is 2.32. The molecule has 0 aliphatic carbocycles. The van der Waals surface area contributed by atoms with Crippen molar-refractivity contribution in [3.8, 4) is 0 Å². The molecule has 0 atom stereocenters. The Morgan fingerprint density at radius 1 is 1.04 bits per heavy atom. The van der Waals surface area contributed by atoms with Gasteiger partial charge >= 0.3 is 0 Å². The Balaban J connectivity index is 1.70. The van der Waals surface area contributed by atoms with Gasteiger partial charge in [-0.2, -0.15) is 0 Å². The van der Waals surface area contributed by atoms with Crippen LogP contribution in [0, 0.1) is 0 Å². The van der Waals surface area contributed by atoms with E-state index >= 15 is 0 Å². The van der Waals surface area contributed by atoms with Crippen LogP contribution in [-0.4, -0.2) is 15.9 Å². The van der Waals surface area contributed by atoms with Crippen molar-refractivity contribution in [3.63, 3.8) is 0 Å². The zero-order valence-electron chi connectivity index (χ0n) is 14.7. The fourth-order valence-corrected chi connectivity index (χ4v) is 4.28. The molecule has 0 fully saturated rings. The van der Waals surface area contributed by atoms with Crippen LogP contribution in [0.4, 0.5) is 5.13 Å². The predicted octanol–water partition coefficient (Wildman–Crippen LogP) is 5.77. The highest BCUT2D eigenvalue weighted by Gasteiger charge is 2.22. The molecule has 7 heteroatoms. The van der Waals surface area contributed by atoms with Crippen LogP contribution in [-0.2, 0) is 17.8 Å². The molecule has 140 valence electrons. The zero-order valence-corrected chi connectivity index (χ0v) is 17.0. The third-order valence-electron chi connectivity index (χ3n) is 4.22. The molecule has 2 heterocycles. The van der Waals surface area contributed by atoms with Gasteiger partial charge in [0.2, 0.25) is 5.91 Å². The van der Waals surface area contributed by atoms with Crippen LogP contribution in [0.2, 0.25) is 10.0 Å². The molecule has 2 aromatic heterocycles. The molecule has 0 saturated heterocycles. The smallest absolute Gasteiger partial charge is 0.233 e. The van der Waals surface area contributed by atoms with Crippen molar-refractivity contribution in [1.82, 2.24) is 9.97 Å². The van der Waals surface area contributed by atoms with E-state index in [-0.39, 0.29) is 12.3 Å². The van der Waals surface area contributed by atoms with Gasteiger partial charge in [0.25, 0.3) is 0 Å². The molecule has 0 radical (unpaired) electrons. The number of anilines is 1. The number of fused-ring (bicyclic) bond motifs is 1. The number of hydrogen-bond acceptors (Lipinski definition) is 4. The molecule has 0 N–H and O–H groups in total. The molecule has 4 nitrogen and oxygen atoms in total. The summed E-state index contributed by atoms with van der Waals surface area (Å²) < 4.78 is 0.930. The number of pyridine rings is 1. The van der Waals surface area contributed by atoms with E-state index in [1.165, 1.54) is 11.3 Å². The number of carbonyl (C=O) groups is 1. The van der Waals surface area contributed by atoms with Gasteiger partial charge in [0.15, 0.2) is 5.13 Å². The van der Waals surface area contributed by atoms with Gasteiger partial charge in [0, 0.05) is 16.2 Å². The third kappa shape index (κ3) is 4.17. The number of aromatic nitrogens is 2. The Kier molecular flexibility index (Phi) is 5.57. The van der Waals surface area contributed by atoms with E-state index in [1.54, 1.807) is 23.2 Å². The molecular weight excluding hydrogens is 413 g/mol. The average Bonchev–Trinajstić information content (AvgIpc) is 3.11. The summed E-state index contributed by atoms with van der Waals surface area (Å²) in [5, 5.41) is 1.83. The van der Waals surface area contributed by atoms with Crippen LogP contribution in [0.5, 0.6) is 0 Å². The number of benzene rings is 2. The SMILES string of the molecule is O=C(Cc1ccccc1Cl)N(Cc1ccccn1)c1nc2ccc(Cl)cc2s1. The molecular formula is C21H15Cl2N3OS. The highest BCUT2D eigenvalue weighted by molar-refractivity contribution is 7.22. The molecule has 2 aromatic carbocycles. The first-order chi connectivity index (χ1) is 13.6. The Bertz CT molecular complexity index is 1130. The van der Waals surface area contributed by atoms with Gasteiger partial charge in [-0.1, -0.05) is 58.8 Å². The first kappa shape index (κ1) is 18.9. The number of hydrogen-bond donors (Lipinski definition) is 0. The molecule has 1 amide bonds. The van der Waals surface area contributed by atoms with E-state index < -0.39 is 0 Å². The Hall–Kier alpha value is -2.47. The van der Waals surface area contributed by atoms with Crippen LogP contribution in [0.15, 0.2) is 66.9 Å². The summed E-state index contributed by atoms with van der Waals surface area (Å²) in [5.41, 5.74) is 2.37. The summed E-state index contributed by atoms with van der Waals surface area (Å²) >= 11 is 13.8. The molecule has 0 bridgehead atoms. The van der Waals surface area contributed by atoms with E-state index in [4.69, 9.17) is 23.2 Å². The predicted molar refractivity (Wildman–Crippen MR) is 115 cm³/mol. The zero-order chi connectivity index (χ0) is 19.5. The molecule has 0 unspecified atom stereocenters. The molecule has 0 saturated carbocycles. The third-order valence-corrected chi connectivity index (χ3v) is 5.86. The Labute approximate surface area is 176 Å². The largest absolute Gasteiger partial charge is 0.282 e. The maximum absolute atomic E-state index is 13.2. The quantitative estimate of drug-likeness (QED) is 0.405. The van der Waals surface area contributed by atoms with Crippen molar-refractivity contribution in [2.24, 2.45) is 0 Å². The summed E-state index contributed by atoms with van der Waals surface area (Å²) in [6.45, 7) is 0.331. The van der Waals surface area contributed by atoms with E-state index in [9.17, 15) is 4.79 Å². The lowest BCUT2D eigenvalue weighted by Crippen LogP contribution is -2.32. The second-order valence-corrected chi connectivity index (χ2v) is 8.03. The average molecular weight is 428 g/mol. The summed E-state index contributed by atoms with van der Waals surface area (Å²) in [6.07, 6.45) is 1.90. The van der Waals surface area contributed by atoms with Gasteiger partial charge in [-0.25, -0.2) is 4.98 Å². The molecule has 0 spiro atoms. The Morgan fingerprint density at radius 2 is 1.86 bits per heavy atom.